The highest BCUT2D eigenvalue weighted by molar-refractivity contribution is 6.18. The van der Waals surface area contributed by atoms with E-state index in [0.717, 1.165) is 12.8 Å². The van der Waals surface area contributed by atoms with Gasteiger partial charge < -0.3 is 14.6 Å². The van der Waals surface area contributed by atoms with E-state index in [-0.39, 0.29) is 12.5 Å². The molecular formula is C14H19ClO3. The van der Waals surface area contributed by atoms with Gasteiger partial charge in [-0.2, -0.15) is 0 Å². The molecule has 0 saturated heterocycles. The highest BCUT2D eigenvalue weighted by atomic mass is 35.5. The van der Waals surface area contributed by atoms with Crippen LogP contribution in [0.3, 0.4) is 0 Å². The first-order valence-corrected chi connectivity index (χ1v) is 6.79. The lowest BCUT2D eigenvalue weighted by atomic mass is 10.0. The smallest absolute Gasteiger partial charge is 0.256 e. The van der Waals surface area contributed by atoms with E-state index >= 15 is 0 Å². The molecule has 1 aromatic carbocycles. The lowest BCUT2D eigenvalue weighted by Gasteiger charge is -2.32. The van der Waals surface area contributed by atoms with Crippen molar-refractivity contribution in [1.82, 2.24) is 0 Å². The molecule has 1 unspecified atom stereocenters. The Hall–Kier alpha value is -0.930. The number of aryl methyl sites for hydroxylation is 1. The maximum Gasteiger partial charge on any atom is 0.256 e. The minimum absolute atomic E-state index is 0.0124. The van der Waals surface area contributed by atoms with Gasteiger partial charge >= 0.3 is 0 Å². The number of ether oxygens (including phenoxy) is 2. The van der Waals surface area contributed by atoms with Crippen LogP contribution in [-0.2, 0) is 6.42 Å². The summed E-state index contributed by atoms with van der Waals surface area (Å²) in [6, 6.07) is 5.82. The maximum absolute atomic E-state index is 9.89. The molecule has 3 nitrogen and oxygen atoms in total. The van der Waals surface area contributed by atoms with E-state index in [1.54, 1.807) is 0 Å². The van der Waals surface area contributed by atoms with Gasteiger partial charge in [0.1, 0.15) is 0 Å². The molecule has 4 heteroatoms. The summed E-state index contributed by atoms with van der Waals surface area (Å²) >= 11 is 5.65. The molecule has 1 aliphatic heterocycles. The molecule has 1 N–H and O–H groups in total. The summed E-state index contributed by atoms with van der Waals surface area (Å²) < 4.78 is 11.0. The monoisotopic (exact) mass is 270 g/mol. The average molecular weight is 271 g/mol. The zero-order valence-electron chi connectivity index (χ0n) is 10.8. The number of fused-ring (bicyclic) bond motifs is 1. The molecule has 0 fully saturated rings. The Bertz CT molecular complexity index is 420. The number of benzene rings is 1. The second kappa shape index (κ2) is 5.37. The molecule has 18 heavy (non-hydrogen) atoms. The quantitative estimate of drug-likeness (QED) is 0.855. The van der Waals surface area contributed by atoms with Gasteiger partial charge in [0.15, 0.2) is 18.1 Å². The van der Waals surface area contributed by atoms with Gasteiger partial charge in [0.2, 0.25) is 0 Å². The van der Waals surface area contributed by atoms with E-state index in [2.05, 4.69) is 13.8 Å². The van der Waals surface area contributed by atoms with E-state index < -0.39 is 5.79 Å². The summed E-state index contributed by atoms with van der Waals surface area (Å²) in [4.78, 5) is 0. The fourth-order valence-corrected chi connectivity index (χ4v) is 1.98. The minimum Gasteiger partial charge on any atom is -0.483 e. The lowest BCUT2D eigenvalue weighted by molar-refractivity contribution is -0.156. The second-order valence-corrected chi connectivity index (χ2v) is 5.45. The van der Waals surface area contributed by atoms with Gasteiger partial charge in [0.25, 0.3) is 5.79 Å². The van der Waals surface area contributed by atoms with Crippen LogP contribution in [-0.4, -0.2) is 23.4 Å². The summed E-state index contributed by atoms with van der Waals surface area (Å²) in [6.45, 7) is 4.48. The van der Waals surface area contributed by atoms with Crippen LogP contribution in [0.5, 0.6) is 11.5 Å². The molecule has 0 saturated carbocycles. The van der Waals surface area contributed by atoms with Crippen molar-refractivity contribution in [3.8, 4) is 11.5 Å². The number of rotatable bonds is 4. The number of halogens is 1. The van der Waals surface area contributed by atoms with Gasteiger partial charge in [0, 0.05) is 0 Å². The van der Waals surface area contributed by atoms with Crippen molar-refractivity contribution in [2.75, 3.05) is 12.5 Å². The first-order valence-electron chi connectivity index (χ1n) is 6.25. The van der Waals surface area contributed by atoms with Crippen LogP contribution in [0.2, 0.25) is 0 Å². The van der Waals surface area contributed by atoms with Crippen molar-refractivity contribution in [3.05, 3.63) is 23.8 Å². The summed E-state index contributed by atoms with van der Waals surface area (Å²) in [5, 5.41) is 9.89. The predicted molar refractivity (Wildman–Crippen MR) is 71.4 cm³/mol. The number of aliphatic hydroxyl groups is 1. The summed E-state index contributed by atoms with van der Waals surface area (Å²) in [6.07, 6.45) is 2.17. The normalized spacial score (nSPS) is 22.3. The fraction of sp³-hybridized carbons (Fsp3) is 0.571. The standard InChI is InChI=1S/C14H19ClO3/c1-10(2)3-4-11-5-6-12-13(7-11)17-9-14(16,8-15)18-12/h5-7,10,16H,3-4,8-9H2,1-2H3. The SMILES string of the molecule is CC(C)CCc1ccc2c(c1)OCC(O)(CCl)O2. The minimum atomic E-state index is -1.41. The van der Waals surface area contributed by atoms with Crippen LogP contribution in [0.15, 0.2) is 18.2 Å². The summed E-state index contributed by atoms with van der Waals surface area (Å²) in [5.41, 5.74) is 1.22. The van der Waals surface area contributed by atoms with E-state index in [0.29, 0.717) is 17.4 Å². The van der Waals surface area contributed by atoms with Crippen molar-refractivity contribution in [3.63, 3.8) is 0 Å². The molecule has 1 atom stereocenters. The molecule has 0 radical (unpaired) electrons. The van der Waals surface area contributed by atoms with E-state index in [9.17, 15) is 5.11 Å². The number of hydrogen-bond acceptors (Lipinski definition) is 3. The summed E-state index contributed by atoms with van der Waals surface area (Å²) in [5.74, 6) is 0.499. The fourth-order valence-electron chi connectivity index (χ4n) is 1.85. The zero-order valence-corrected chi connectivity index (χ0v) is 11.5. The van der Waals surface area contributed by atoms with Crippen LogP contribution < -0.4 is 9.47 Å². The Morgan fingerprint density at radius 1 is 1.39 bits per heavy atom. The first-order chi connectivity index (χ1) is 8.52. The van der Waals surface area contributed by atoms with Crippen LogP contribution in [0.4, 0.5) is 0 Å². The van der Waals surface area contributed by atoms with Crippen molar-refractivity contribution in [2.24, 2.45) is 5.92 Å². The van der Waals surface area contributed by atoms with E-state index in [4.69, 9.17) is 21.1 Å². The second-order valence-electron chi connectivity index (χ2n) is 5.18. The van der Waals surface area contributed by atoms with Gasteiger partial charge in [-0.05, 0) is 36.5 Å². The Balaban J connectivity index is 2.10. The van der Waals surface area contributed by atoms with Crippen molar-refractivity contribution >= 4 is 11.6 Å². The third-order valence-corrected chi connectivity index (χ3v) is 3.40. The molecule has 0 amide bonds. The molecule has 2 rings (SSSR count). The Morgan fingerprint density at radius 3 is 2.83 bits per heavy atom. The van der Waals surface area contributed by atoms with E-state index in [1.165, 1.54) is 5.56 Å². The van der Waals surface area contributed by atoms with Gasteiger partial charge in [-0.25, -0.2) is 0 Å². The molecule has 1 heterocycles. The number of hydrogen-bond donors (Lipinski definition) is 1. The maximum atomic E-state index is 9.89. The zero-order chi connectivity index (χ0) is 13.2. The van der Waals surface area contributed by atoms with Gasteiger partial charge in [-0.1, -0.05) is 19.9 Å². The highest BCUT2D eigenvalue weighted by Gasteiger charge is 2.34. The van der Waals surface area contributed by atoms with Gasteiger partial charge in [0.05, 0.1) is 5.88 Å². The van der Waals surface area contributed by atoms with Crippen LogP contribution in [0.25, 0.3) is 0 Å². The van der Waals surface area contributed by atoms with Crippen LogP contribution >= 0.6 is 11.6 Å². The average Bonchev–Trinajstić information content (AvgIpc) is 2.36. The van der Waals surface area contributed by atoms with Gasteiger partial charge in [-0.15, -0.1) is 11.6 Å². The molecular weight excluding hydrogens is 252 g/mol. The topological polar surface area (TPSA) is 38.7 Å². The van der Waals surface area contributed by atoms with E-state index in [1.807, 2.05) is 18.2 Å². The third kappa shape index (κ3) is 3.09. The highest BCUT2D eigenvalue weighted by Crippen LogP contribution is 2.35. The van der Waals surface area contributed by atoms with Crippen molar-refractivity contribution in [1.29, 1.82) is 0 Å². The Morgan fingerprint density at radius 2 is 2.17 bits per heavy atom. The Kier molecular flexibility index (Phi) is 4.03. The molecule has 1 aliphatic rings. The third-order valence-electron chi connectivity index (χ3n) is 2.98. The van der Waals surface area contributed by atoms with Crippen LogP contribution in [0, 0.1) is 5.92 Å². The molecule has 0 aliphatic carbocycles. The van der Waals surface area contributed by atoms with Gasteiger partial charge in [-0.3, -0.25) is 0 Å². The molecule has 0 bridgehead atoms. The largest absolute Gasteiger partial charge is 0.483 e. The molecule has 1 aromatic rings. The number of alkyl halides is 1. The lowest BCUT2D eigenvalue weighted by Crippen LogP contribution is -2.46. The molecule has 0 spiro atoms. The molecule has 0 aromatic heterocycles. The van der Waals surface area contributed by atoms with Crippen molar-refractivity contribution < 1.29 is 14.6 Å². The van der Waals surface area contributed by atoms with Crippen molar-refractivity contribution in [2.45, 2.75) is 32.5 Å². The predicted octanol–water partition coefficient (Wildman–Crippen LogP) is 2.97. The summed E-state index contributed by atoms with van der Waals surface area (Å²) in [7, 11) is 0. The first kappa shape index (κ1) is 13.5. The molecule has 100 valence electrons. The van der Waals surface area contributed by atoms with Crippen LogP contribution in [0.1, 0.15) is 25.8 Å². The Labute approximate surface area is 113 Å².